The van der Waals surface area contributed by atoms with E-state index in [1.165, 1.54) is 6.07 Å². The number of anilines is 1. The molecule has 2 N–H and O–H groups in total. The molecule has 0 bridgehead atoms. The van der Waals surface area contributed by atoms with E-state index in [0.717, 1.165) is 28.5 Å². The summed E-state index contributed by atoms with van der Waals surface area (Å²) in [5.41, 5.74) is 4.80. The Morgan fingerprint density at radius 3 is 2.64 bits per heavy atom. The van der Waals surface area contributed by atoms with Crippen LogP contribution in [0.3, 0.4) is 0 Å². The second-order valence-electron chi connectivity index (χ2n) is 6.61. The number of rotatable bonds is 5. The molecule has 0 saturated heterocycles. The van der Waals surface area contributed by atoms with Crippen molar-refractivity contribution in [2.75, 3.05) is 5.32 Å². The largest absolute Gasteiger partial charge is 0.357 e. The minimum atomic E-state index is -0.350. The van der Waals surface area contributed by atoms with Crippen molar-refractivity contribution in [3.63, 3.8) is 0 Å². The summed E-state index contributed by atoms with van der Waals surface area (Å²) < 4.78 is 17.6. The van der Waals surface area contributed by atoms with Crippen molar-refractivity contribution in [1.29, 1.82) is 0 Å². The molecule has 0 amide bonds. The normalized spacial score (nSPS) is 10.9. The highest BCUT2D eigenvalue weighted by Gasteiger charge is 2.16. The smallest absolute Gasteiger partial charge is 0.171 e. The van der Waals surface area contributed by atoms with Gasteiger partial charge in [0.1, 0.15) is 5.82 Å². The van der Waals surface area contributed by atoms with Crippen LogP contribution < -0.4 is 10.6 Å². The van der Waals surface area contributed by atoms with Crippen LogP contribution in [0, 0.1) is 26.6 Å². The molecule has 28 heavy (non-hydrogen) atoms. The van der Waals surface area contributed by atoms with Crippen LogP contribution in [-0.4, -0.2) is 24.7 Å². The third-order valence-electron chi connectivity index (χ3n) is 4.58. The first-order valence-electron chi connectivity index (χ1n) is 8.77. The second-order valence-corrected chi connectivity index (χ2v) is 7.43. The lowest BCUT2D eigenvalue weighted by atomic mass is 10.2. The van der Waals surface area contributed by atoms with Crippen LogP contribution in [0.1, 0.15) is 28.3 Å². The van der Waals surface area contributed by atoms with Crippen LogP contribution in [0.15, 0.2) is 24.3 Å². The number of hydrogen-bond acceptors (Lipinski definition) is 3. The zero-order valence-corrected chi connectivity index (χ0v) is 17.7. The lowest BCUT2D eigenvalue weighted by Gasteiger charge is -2.11. The van der Waals surface area contributed by atoms with E-state index in [9.17, 15) is 4.39 Å². The van der Waals surface area contributed by atoms with Gasteiger partial charge in [0.25, 0.3) is 0 Å². The standard InChI is InChI=1S/C19H22ClFN6S/c1-11-8-14(25-26(11)4)9-22-19(28)23-18-12(2)24-27(13(18)3)10-15-16(20)6-5-7-17(15)21/h5-8H,9-10H2,1-4H3,(H2,22,23,28). The molecule has 0 aliphatic heterocycles. The van der Waals surface area contributed by atoms with E-state index in [-0.39, 0.29) is 12.4 Å². The van der Waals surface area contributed by atoms with Crippen LogP contribution in [0.4, 0.5) is 10.1 Å². The van der Waals surface area contributed by atoms with Gasteiger partial charge in [0.2, 0.25) is 0 Å². The quantitative estimate of drug-likeness (QED) is 0.613. The molecule has 3 aromatic rings. The molecule has 0 saturated carbocycles. The van der Waals surface area contributed by atoms with Gasteiger partial charge in [-0.25, -0.2) is 4.39 Å². The van der Waals surface area contributed by atoms with E-state index in [0.29, 0.717) is 22.2 Å². The lowest BCUT2D eigenvalue weighted by molar-refractivity contribution is 0.579. The number of aryl methyl sites for hydroxylation is 3. The molecule has 0 aliphatic carbocycles. The van der Waals surface area contributed by atoms with Gasteiger partial charge >= 0.3 is 0 Å². The number of aromatic nitrogens is 4. The maximum absolute atomic E-state index is 14.1. The summed E-state index contributed by atoms with van der Waals surface area (Å²) in [5, 5.41) is 16.1. The molecule has 0 atom stereocenters. The van der Waals surface area contributed by atoms with E-state index in [1.807, 2.05) is 38.6 Å². The fourth-order valence-corrected chi connectivity index (χ4v) is 3.31. The molecular weight excluding hydrogens is 399 g/mol. The summed E-state index contributed by atoms with van der Waals surface area (Å²) in [4.78, 5) is 0. The van der Waals surface area contributed by atoms with Crippen molar-refractivity contribution >= 4 is 34.6 Å². The van der Waals surface area contributed by atoms with Crippen LogP contribution >= 0.6 is 23.8 Å². The Balaban J connectivity index is 1.70. The van der Waals surface area contributed by atoms with E-state index >= 15 is 0 Å². The maximum Gasteiger partial charge on any atom is 0.171 e. The number of hydrogen-bond donors (Lipinski definition) is 2. The first-order valence-corrected chi connectivity index (χ1v) is 9.56. The molecule has 3 rings (SSSR count). The van der Waals surface area contributed by atoms with Gasteiger partial charge in [0.15, 0.2) is 5.11 Å². The van der Waals surface area contributed by atoms with Crippen LogP contribution in [0.2, 0.25) is 5.02 Å². The summed E-state index contributed by atoms with van der Waals surface area (Å²) in [7, 11) is 1.90. The number of thiocarbonyl (C=S) groups is 1. The molecule has 9 heteroatoms. The average molecular weight is 421 g/mol. The molecule has 1 aromatic carbocycles. The van der Waals surface area contributed by atoms with Crippen molar-refractivity contribution in [1.82, 2.24) is 24.9 Å². The Hall–Kier alpha value is -2.45. The molecule has 0 radical (unpaired) electrons. The number of benzene rings is 1. The molecule has 148 valence electrons. The second kappa shape index (κ2) is 8.28. The Morgan fingerprint density at radius 1 is 1.25 bits per heavy atom. The monoisotopic (exact) mass is 420 g/mol. The van der Waals surface area contributed by atoms with Crippen molar-refractivity contribution in [3.05, 3.63) is 63.4 Å². The highest BCUT2D eigenvalue weighted by Crippen LogP contribution is 2.24. The molecule has 0 fully saturated rings. The van der Waals surface area contributed by atoms with Gasteiger partial charge in [-0.3, -0.25) is 9.36 Å². The molecule has 2 heterocycles. The lowest BCUT2D eigenvalue weighted by Crippen LogP contribution is -2.28. The summed E-state index contributed by atoms with van der Waals surface area (Å²) in [5.74, 6) is -0.350. The molecule has 0 spiro atoms. The maximum atomic E-state index is 14.1. The number of nitrogens with one attached hydrogen (secondary N) is 2. The summed E-state index contributed by atoms with van der Waals surface area (Å²) >= 11 is 11.5. The minimum Gasteiger partial charge on any atom is -0.357 e. The predicted octanol–water partition coefficient (Wildman–Crippen LogP) is 3.87. The van der Waals surface area contributed by atoms with Gasteiger partial charge in [-0.2, -0.15) is 10.2 Å². The number of nitrogens with zero attached hydrogens (tertiary/aromatic N) is 4. The Bertz CT molecular complexity index is 986. The first kappa shape index (κ1) is 20.3. The third kappa shape index (κ3) is 4.34. The van der Waals surface area contributed by atoms with Crippen molar-refractivity contribution in [3.8, 4) is 0 Å². The highest BCUT2D eigenvalue weighted by atomic mass is 35.5. The third-order valence-corrected chi connectivity index (χ3v) is 5.18. The van der Waals surface area contributed by atoms with E-state index in [2.05, 4.69) is 20.8 Å². The van der Waals surface area contributed by atoms with Crippen LogP contribution in [0.5, 0.6) is 0 Å². The highest BCUT2D eigenvalue weighted by molar-refractivity contribution is 7.80. The zero-order chi connectivity index (χ0) is 20.4. The molecule has 6 nitrogen and oxygen atoms in total. The van der Waals surface area contributed by atoms with Gasteiger partial charge in [-0.05, 0) is 51.2 Å². The van der Waals surface area contributed by atoms with Crippen molar-refractivity contribution < 1.29 is 4.39 Å². The van der Waals surface area contributed by atoms with Gasteiger partial charge in [-0.15, -0.1) is 0 Å². The molecule has 0 aliphatic rings. The van der Waals surface area contributed by atoms with Gasteiger partial charge in [0.05, 0.1) is 35.9 Å². The predicted molar refractivity (Wildman–Crippen MR) is 113 cm³/mol. The topological polar surface area (TPSA) is 59.7 Å². The van der Waals surface area contributed by atoms with E-state index in [1.54, 1.807) is 16.8 Å². The van der Waals surface area contributed by atoms with Crippen molar-refractivity contribution in [2.45, 2.75) is 33.9 Å². The fraction of sp³-hybridized carbons (Fsp3) is 0.316. The van der Waals surface area contributed by atoms with Gasteiger partial charge in [-0.1, -0.05) is 17.7 Å². The average Bonchev–Trinajstić information content (AvgIpc) is 3.09. The van der Waals surface area contributed by atoms with Crippen molar-refractivity contribution in [2.24, 2.45) is 7.05 Å². The van der Waals surface area contributed by atoms with E-state index < -0.39 is 0 Å². The molecule has 2 aromatic heterocycles. The Morgan fingerprint density at radius 2 is 2.00 bits per heavy atom. The van der Waals surface area contributed by atoms with Crippen LogP contribution in [0.25, 0.3) is 0 Å². The molecular formula is C19H22ClFN6S. The minimum absolute atomic E-state index is 0.243. The summed E-state index contributed by atoms with van der Waals surface area (Å²) in [6, 6.07) is 6.65. The Kier molecular flexibility index (Phi) is 6.00. The van der Waals surface area contributed by atoms with Gasteiger partial charge < -0.3 is 10.6 Å². The van der Waals surface area contributed by atoms with E-state index in [4.69, 9.17) is 23.8 Å². The first-order chi connectivity index (χ1) is 13.3. The van der Waals surface area contributed by atoms with Crippen LogP contribution in [-0.2, 0) is 20.1 Å². The molecule has 0 unspecified atom stereocenters. The summed E-state index contributed by atoms with van der Waals surface area (Å²) in [6.45, 7) is 6.54. The van der Waals surface area contributed by atoms with Gasteiger partial charge in [0, 0.05) is 23.3 Å². The Labute approximate surface area is 173 Å². The summed E-state index contributed by atoms with van der Waals surface area (Å²) in [6.07, 6.45) is 0. The SMILES string of the molecule is Cc1nn(Cc2c(F)cccc2Cl)c(C)c1NC(=S)NCc1cc(C)n(C)n1. The zero-order valence-electron chi connectivity index (χ0n) is 16.2. The fourth-order valence-electron chi connectivity index (χ4n) is 2.91. The number of halogens is 2.